The van der Waals surface area contributed by atoms with Crippen molar-refractivity contribution in [2.24, 2.45) is 0 Å². The van der Waals surface area contributed by atoms with Gasteiger partial charge in [0, 0.05) is 45.3 Å². The van der Waals surface area contributed by atoms with E-state index in [2.05, 4.69) is 9.80 Å². The minimum atomic E-state index is -5.41. The first kappa shape index (κ1) is 26.2. The Morgan fingerprint density at radius 1 is 0.853 bits per heavy atom. The van der Waals surface area contributed by atoms with Crippen LogP contribution in [0, 0.1) is 11.6 Å². The molecule has 0 bridgehead atoms. The van der Waals surface area contributed by atoms with E-state index in [1.807, 2.05) is 0 Å². The Labute approximate surface area is 194 Å². The first-order valence-corrected chi connectivity index (χ1v) is 12.1. The molecule has 188 valence electrons. The van der Waals surface area contributed by atoms with Gasteiger partial charge in [-0.2, -0.15) is 13.2 Å². The van der Waals surface area contributed by atoms with Gasteiger partial charge in [0.2, 0.25) is 0 Å². The highest BCUT2D eigenvalue weighted by atomic mass is 32.2. The molecule has 0 amide bonds. The summed E-state index contributed by atoms with van der Waals surface area (Å²) in [7, 11) is -5.41. The van der Waals surface area contributed by atoms with Crippen molar-refractivity contribution >= 4 is 9.84 Å². The first-order valence-electron chi connectivity index (χ1n) is 10.6. The lowest BCUT2D eigenvalue weighted by Gasteiger charge is -2.34. The van der Waals surface area contributed by atoms with Crippen LogP contribution in [0.3, 0.4) is 0 Å². The van der Waals surface area contributed by atoms with E-state index in [1.165, 1.54) is 18.2 Å². The second-order valence-corrected chi connectivity index (χ2v) is 9.67. The molecular weight excluding hydrogens is 483 g/mol. The molecule has 0 radical (unpaired) electrons. The van der Waals surface area contributed by atoms with Gasteiger partial charge in [-0.25, -0.2) is 17.2 Å². The van der Waals surface area contributed by atoms with E-state index in [4.69, 9.17) is 9.47 Å². The van der Waals surface area contributed by atoms with Gasteiger partial charge in [-0.3, -0.25) is 4.90 Å². The van der Waals surface area contributed by atoms with Crippen LogP contribution >= 0.6 is 0 Å². The molecule has 2 aromatic carbocycles. The quantitative estimate of drug-likeness (QED) is 0.360. The number of sulfone groups is 1. The van der Waals surface area contributed by atoms with E-state index in [0.717, 1.165) is 50.4 Å². The van der Waals surface area contributed by atoms with Crippen molar-refractivity contribution in [3.8, 4) is 11.5 Å². The Morgan fingerprint density at radius 2 is 1.53 bits per heavy atom. The SMILES string of the molecule is O=S(=O)(c1cccc(OCCCN2CCN(CCOc3ccc(F)cc3F)CC2)c1)C(F)(F)F. The van der Waals surface area contributed by atoms with Gasteiger partial charge in [-0.1, -0.05) is 6.07 Å². The fourth-order valence-electron chi connectivity index (χ4n) is 3.46. The average molecular weight is 509 g/mol. The number of alkyl halides is 3. The summed E-state index contributed by atoms with van der Waals surface area (Å²) in [6.45, 7) is 4.98. The summed E-state index contributed by atoms with van der Waals surface area (Å²) in [5.74, 6) is -1.32. The molecule has 1 fully saturated rings. The lowest BCUT2D eigenvalue weighted by Crippen LogP contribution is -2.47. The van der Waals surface area contributed by atoms with Gasteiger partial charge in [0.15, 0.2) is 11.6 Å². The molecule has 34 heavy (non-hydrogen) atoms. The van der Waals surface area contributed by atoms with Crippen LogP contribution in [-0.2, 0) is 9.84 Å². The van der Waals surface area contributed by atoms with Crippen molar-refractivity contribution < 1.29 is 39.8 Å². The second kappa shape index (κ2) is 11.3. The summed E-state index contributed by atoms with van der Waals surface area (Å²) < 4.78 is 98.4. The zero-order valence-electron chi connectivity index (χ0n) is 18.2. The van der Waals surface area contributed by atoms with E-state index in [9.17, 15) is 30.4 Å². The molecule has 1 heterocycles. The molecule has 12 heteroatoms. The van der Waals surface area contributed by atoms with E-state index in [0.29, 0.717) is 19.5 Å². The van der Waals surface area contributed by atoms with Crippen molar-refractivity contribution in [1.82, 2.24) is 9.80 Å². The van der Waals surface area contributed by atoms with Crippen LogP contribution in [0.2, 0.25) is 0 Å². The van der Waals surface area contributed by atoms with Crippen molar-refractivity contribution in [2.45, 2.75) is 16.8 Å². The summed E-state index contributed by atoms with van der Waals surface area (Å²) >= 11 is 0. The number of piperazine rings is 1. The molecule has 1 saturated heterocycles. The number of halogens is 5. The molecule has 6 nitrogen and oxygen atoms in total. The number of benzene rings is 2. The minimum Gasteiger partial charge on any atom is -0.494 e. The lowest BCUT2D eigenvalue weighted by atomic mass is 10.3. The van der Waals surface area contributed by atoms with E-state index >= 15 is 0 Å². The van der Waals surface area contributed by atoms with Crippen molar-refractivity contribution in [3.63, 3.8) is 0 Å². The van der Waals surface area contributed by atoms with Crippen LogP contribution in [0.4, 0.5) is 22.0 Å². The van der Waals surface area contributed by atoms with E-state index in [-0.39, 0.29) is 24.7 Å². The van der Waals surface area contributed by atoms with Crippen LogP contribution in [0.25, 0.3) is 0 Å². The number of hydrogen-bond donors (Lipinski definition) is 0. The van der Waals surface area contributed by atoms with Crippen LogP contribution in [-0.4, -0.2) is 76.2 Å². The molecular formula is C22H25F5N2O4S. The minimum absolute atomic E-state index is 0.0154. The summed E-state index contributed by atoms with van der Waals surface area (Å²) in [6.07, 6.45) is 0.614. The zero-order chi connectivity index (χ0) is 24.8. The third kappa shape index (κ3) is 7.03. The van der Waals surface area contributed by atoms with Gasteiger partial charge in [0.1, 0.15) is 18.2 Å². The van der Waals surface area contributed by atoms with Gasteiger partial charge < -0.3 is 14.4 Å². The van der Waals surface area contributed by atoms with Gasteiger partial charge in [-0.05, 0) is 36.8 Å². The number of nitrogens with zero attached hydrogens (tertiary/aromatic N) is 2. The highest BCUT2D eigenvalue weighted by Gasteiger charge is 2.46. The maximum Gasteiger partial charge on any atom is 0.501 e. The van der Waals surface area contributed by atoms with Crippen LogP contribution in [0.5, 0.6) is 11.5 Å². The Hall–Kier alpha value is -2.44. The molecule has 1 aliphatic heterocycles. The summed E-state index contributed by atoms with van der Waals surface area (Å²) in [5, 5.41) is 0. The monoisotopic (exact) mass is 508 g/mol. The molecule has 0 saturated carbocycles. The smallest absolute Gasteiger partial charge is 0.494 e. The summed E-state index contributed by atoms with van der Waals surface area (Å²) in [6, 6.07) is 7.56. The second-order valence-electron chi connectivity index (χ2n) is 7.73. The molecule has 0 unspecified atom stereocenters. The number of rotatable bonds is 10. The molecule has 1 aliphatic rings. The predicted octanol–water partition coefficient (Wildman–Crippen LogP) is 3.72. The topological polar surface area (TPSA) is 59.1 Å². The summed E-state index contributed by atoms with van der Waals surface area (Å²) in [4.78, 5) is 3.53. The number of ether oxygens (including phenoxy) is 2. The third-order valence-corrected chi connectivity index (χ3v) is 6.82. The zero-order valence-corrected chi connectivity index (χ0v) is 19.0. The summed E-state index contributed by atoms with van der Waals surface area (Å²) in [5.41, 5.74) is -5.36. The van der Waals surface area contributed by atoms with Gasteiger partial charge in [0.05, 0.1) is 11.5 Å². The molecule has 0 aromatic heterocycles. The number of hydrogen-bond acceptors (Lipinski definition) is 6. The Morgan fingerprint density at radius 3 is 2.18 bits per heavy atom. The van der Waals surface area contributed by atoms with Gasteiger partial charge in [0.25, 0.3) is 9.84 Å². The average Bonchev–Trinajstić information content (AvgIpc) is 2.78. The Balaban J connectivity index is 1.33. The first-order chi connectivity index (χ1) is 16.1. The fraction of sp³-hybridized carbons (Fsp3) is 0.455. The predicted molar refractivity (Wildman–Crippen MR) is 115 cm³/mol. The molecule has 3 rings (SSSR count). The molecule has 0 atom stereocenters. The molecule has 2 aromatic rings. The van der Waals surface area contributed by atoms with Gasteiger partial charge >= 0.3 is 5.51 Å². The van der Waals surface area contributed by atoms with Crippen molar-refractivity contribution in [3.05, 3.63) is 54.1 Å². The van der Waals surface area contributed by atoms with Crippen LogP contribution < -0.4 is 9.47 Å². The normalized spacial score (nSPS) is 15.9. The Kier molecular flexibility index (Phi) is 8.72. The lowest BCUT2D eigenvalue weighted by molar-refractivity contribution is -0.0436. The van der Waals surface area contributed by atoms with E-state index < -0.39 is 31.9 Å². The van der Waals surface area contributed by atoms with Crippen molar-refractivity contribution in [2.75, 3.05) is 52.5 Å². The molecule has 0 N–H and O–H groups in total. The Bertz CT molecular complexity index is 1060. The third-order valence-electron chi connectivity index (χ3n) is 5.33. The van der Waals surface area contributed by atoms with Crippen LogP contribution in [0.15, 0.2) is 47.4 Å². The molecule has 0 spiro atoms. The highest BCUT2D eigenvalue weighted by molar-refractivity contribution is 7.92. The fourth-order valence-corrected chi connectivity index (χ4v) is 4.25. The standard InChI is InChI=1S/C22H25F5N2O4S/c23-17-5-6-21(20(24)15-17)33-14-12-29-10-8-28(9-11-29)7-2-13-32-18-3-1-4-19(16-18)34(30,31)22(25,26)27/h1,3-6,15-16H,2,7-14H2. The molecule has 0 aliphatic carbocycles. The maximum absolute atomic E-state index is 13.6. The van der Waals surface area contributed by atoms with Crippen LogP contribution in [0.1, 0.15) is 6.42 Å². The van der Waals surface area contributed by atoms with Gasteiger partial charge in [-0.15, -0.1) is 0 Å². The van der Waals surface area contributed by atoms with Crippen molar-refractivity contribution in [1.29, 1.82) is 0 Å². The largest absolute Gasteiger partial charge is 0.501 e. The maximum atomic E-state index is 13.6. The highest BCUT2D eigenvalue weighted by Crippen LogP contribution is 2.31. The van der Waals surface area contributed by atoms with E-state index in [1.54, 1.807) is 0 Å².